The molecular weight excluding hydrogens is 242 g/mol. The Morgan fingerprint density at radius 2 is 1.50 bits per heavy atom. The Bertz CT molecular complexity index is 748. The van der Waals surface area contributed by atoms with Crippen LogP contribution < -0.4 is 5.32 Å². The topological polar surface area (TPSA) is 12.0 Å². The fourth-order valence-corrected chi connectivity index (χ4v) is 2.37. The van der Waals surface area contributed by atoms with E-state index in [1.54, 1.807) is 0 Å². The highest BCUT2D eigenvalue weighted by atomic mass is 14.9. The standard InChI is InChI=1S/C19H15N/c1-2-18(16-10-4-3-5-11-16)20-19-14-8-12-15-9-6-7-13-17(15)19/h1,3-14,18,20H. The van der Waals surface area contributed by atoms with Crippen molar-refractivity contribution in [3.63, 3.8) is 0 Å². The summed E-state index contributed by atoms with van der Waals surface area (Å²) in [6, 6.07) is 24.5. The molecule has 1 heteroatoms. The highest BCUT2D eigenvalue weighted by molar-refractivity contribution is 5.94. The molecule has 0 aliphatic heterocycles. The lowest BCUT2D eigenvalue weighted by atomic mass is 10.1. The van der Waals surface area contributed by atoms with Gasteiger partial charge in [0.2, 0.25) is 0 Å². The van der Waals surface area contributed by atoms with Crippen molar-refractivity contribution in [1.29, 1.82) is 0 Å². The fraction of sp³-hybridized carbons (Fsp3) is 0.0526. The molecule has 3 rings (SSSR count). The van der Waals surface area contributed by atoms with Crippen molar-refractivity contribution in [1.82, 2.24) is 0 Å². The summed E-state index contributed by atoms with van der Waals surface area (Å²) < 4.78 is 0. The first-order chi connectivity index (χ1) is 9.88. The van der Waals surface area contributed by atoms with E-state index < -0.39 is 0 Å². The number of fused-ring (bicyclic) bond motifs is 1. The van der Waals surface area contributed by atoms with Crippen molar-refractivity contribution in [2.24, 2.45) is 0 Å². The summed E-state index contributed by atoms with van der Waals surface area (Å²) in [5.41, 5.74) is 2.16. The van der Waals surface area contributed by atoms with Gasteiger partial charge in [-0.2, -0.15) is 0 Å². The minimum absolute atomic E-state index is 0.123. The molecule has 0 bridgehead atoms. The first-order valence-electron chi connectivity index (χ1n) is 6.64. The van der Waals surface area contributed by atoms with E-state index in [1.165, 1.54) is 10.8 Å². The second-order valence-corrected chi connectivity index (χ2v) is 4.68. The van der Waals surface area contributed by atoms with E-state index in [0.29, 0.717) is 0 Å². The molecule has 0 saturated heterocycles. The molecule has 0 aromatic heterocycles. The van der Waals surface area contributed by atoms with Crippen molar-refractivity contribution in [2.75, 3.05) is 5.32 Å². The lowest BCUT2D eigenvalue weighted by Gasteiger charge is -2.16. The average molecular weight is 257 g/mol. The van der Waals surface area contributed by atoms with Crippen LogP contribution in [0.25, 0.3) is 10.8 Å². The van der Waals surface area contributed by atoms with E-state index in [1.807, 2.05) is 48.5 Å². The van der Waals surface area contributed by atoms with E-state index in [-0.39, 0.29) is 6.04 Å². The molecule has 0 heterocycles. The lowest BCUT2D eigenvalue weighted by molar-refractivity contribution is 1.03. The number of anilines is 1. The molecule has 1 N–H and O–H groups in total. The van der Waals surface area contributed by atoms with E-state index in [2.05, 4.69) is 35.5 Å². The van der Waals surface area contributed by atoms with Gasteiger partial charge >= 0.3 is 0 Å². The number of terminal acetylenes is 1. The zero-order valence-electron chi connectivity index (χ0n) is 11.1. The van der Waals surface area contributed by atoms with Crippen molar-refractivity contribution < 1.29 is 0 Å². The molecule has 20 heavy (non-hydrogen) atoms. The normalized spacial score (nSPS) is 11.8. The van der Waals surface area contributed by atoms with Gasteiger partial charge in [-0.05, 0) is 17.0 Å². The SMILES string of the molecule is C#CC(Nc1cccc2ccccc12)c1ccccc1. The first kappa shape index (κ1) is 12.3. The van der Waals surface area contributed by atoms with Crippen LogP contribution in [0.4, 0.5) is 5.69 Å². The molecule has 3 aromatic rings. The summed E-state index contributed by atoms with van der Waals surface area (Å²) in [6.07, 6.45) is 5.68. The zero-order valence-corrected chi connectivity index (χ0v) is 11.1. The third-order valence-corrected chi connectivity index (χ3v) is 3.39. The van der Waals surface area contributed by atoms with Crippen molar-refractivity contribution in [3.05, 3.63) is 78.4 Å². The van der Waals surface area contributed by atoms with Crippen LogP contribution in [0.1, 0.15) is 11.6 Å². The highest BCUT2D eigenvalue weighted by Gasteiger charge is 2.09. The zero-order chi connectivity index (χ0) is 13.8. The number of benzene rings is 3. The van der Waals surface area contributed by atoms with Gasteiger partial charge in [0.25, 0.3) is 0 Å². The summed E-state index contributed by atoms with van der Waals surface area (Å²) >= 11 is 0. The largest absolute Gasteiger partial charge is 0.367 e. The highest BCUT2D eigenvalue weighted by Crippen LogP contribution is 2.26. The van der Waals surface area contributed by atoms with Gasteiger partial charge in [0.15, 0.2) is 0 Å². The molecule has 96 valence electrons. The molecule has 1 atom stereocenters. The van der Waals surface area contributed by atoms with Gasteiger partial charge in [0, 0.05) is 11.1 Å². The molecule has 0 saturated carbocycles. The second kappa shape index (κ2) is 5.50. The summed E-state index contributed by atoms with van der Waals surface area (Å²) in [6.45, 7) is 0. The minimum Gasteiger partial charge on any atom is -0.367 e. The molecule has 1 unspecified atom stereocenters. The van der Waals surface area contributed by atoms with Crippen LogP contribution in [0, 0.1) is 12.3 Å². The molecule has 0 amide bonds. The predicted octanol–water partition coefficient (Wildman–Crippen LogP) is 4.63. The van der Waals surface area contributed by atoms with Gasteiger partial charge in [0.05, 0.1) is 0 Å². The summed E-state index contributed by atoms with van der Waals surface area (Å²) in [7, 11) is 0. The maximum absolute atomic E-state index is 5.68. The fourth-order valence-electron chi connectivity index (χ4n) is 2.37. The van der Waals surface area contributed by atoms with E-state index in [4.69, 9.17) is 6.42 Å². The third kappa shape index (κ3) is 2.37. The molecule has 0 fully saturated rings. The van der Waals surface area contributed by atoms with Gasteiger partial charge in [-0.25, -0.2) is 0 Å². The molecule has 1 nitrogen and oxygen atoms in total. The van der Waals surface area contributed by atoms with Gasteiger partial charge in [0.1, 0.15) is 6.04 Å². The van der Waals surface area contributed by atoms with Crippen LogP contribution >= 0.6 is 0 Å². The van der Waals surface area contributed by atoms with E-state index in [0.717, 1.165) is 11.3 Å². The molecule has 0 radical (unpaired) electrons. The second-order valence-electron chi connectivity index (χ2n) is 4.68. The molecule has 3 aromatic carbocycles. The van der Waals surface area contributed by atoms with Crippen LogP contribution in [-0.4, -0.2) is 0 Å². The molecule has 0 aliphatic carbocycles. The van der Waals surface area contributed by atoms with E-state index in [9.17, 15) is 0 Å². The van der Waals surface area contributed by atoms with Gasteiger partial charge in [-0.1, -0.05) is 72.7 Å². The van der Waals surface area contributed by atoms with Crippen molar-refractivity contribution in [2.45, 2.75) is 6.04 Å². The maximum atomic E-state index is 5.68. The molecule has 0 spiro atoms. The van der Waals surface area contributed by atoms with Gasteiger partial charge < -0.3 is 5.32 Å². The van der Waals surface area contributed by atoms with Gasteiger partial charge in [-0.3, -0.25) is 0 Å². The third-order valence-electron chi connectivity index (χ3n) is 3.39. The Kier molecular flexibility index (Phi) is 3.39. The molecular formula is C19H15N. The number of hydrogen-bond acceptors (Lipinski definition) is 1. The monoisotopic (exact) mass is 257 g/mol. The Hall–Kier alpha value is -2.72. The van der Waals surface area contributed by atoms with Crippen LogP contribution in [0.2, 0.25) is 0 Å². The van der Waals surface area contributed by atoms with E-state index >= 15 is 0 Å². The molecule has 0 aliphatic rings. The Labute approximate surface area is 119 Å². The van der Waals surface area contributed by atoms with Crippen LogP contribution in [0.3, 0.4) is 0 Å². The summed E-state index contributed by atoms with van der Waals surface area (Å²) in [5.74, 6) is 2.82. The predicted molar refractivity (Wildman–Crippen MR) is 85.6 cm³/mol. The Morgan fingerprint density at radius 1 is 0.800 bits per heavy atom. The van der Waals surface area contributed by atoms with Crippen molar-refractivity contribution in [3.8, 4) is 12.3 Å². The van der Waals surface area contributed by atoms with Crippen LogP contribution in [0.5, 0.6) is 0 Å². The van der Waals surface area contributed by atoms with Crippen LogP contribution in [-0.2, 0) is 0 Å². The summed E-state index contributed by atoms with van der Waals surface area (Å²) in [5, 5.41) is 5.85. The van der Waals surface area contributed by atoms with Crippen molar-refractivity contribution >= 4 is 16.5 Å². The lowest BCUT2D eigenvalue weighted by Crippen LogP contribution is -2.08. The summed E-state index contributed by atoms with van der Waals surface area (Å²) in [4.78, 5) is 0. The Morgan fingerprint density at radius 3 is 2.30 bits per heavy atom. The smallest absolute Gasteiger partial charge is 0.113 e. The average Bonchev–Trinajstić information content (AvgIpc) is 2.53. The number of nitrogens with one attached hydrogen (secondary N) is 1. The number of rotatable bonds is 3. The maximum Gasteiger partial charge on any atom is 0.113 e. The van der Waals surface area contributed by atoms with Crippen LogP contribution in [0.15, 0.2) is 72.8 Å². The number of hydrogen-bond donors (Lipinski definition) is 1. The first-order valence-corrected chi connectivity index (χ1v) is 6.64. The Balaban J connectivity index is 1.99. The quantitative estimate of drug-likeness (QED) is 0.675. The van der Waals surface area contributed by atoms with Gasteiger partial charge in [-0.15, -0.1) is 6.42 Å². The minimum atomic E-state index is -0.123.